The van der Waals surface area contributed by atoms with Crippen LogP contribution in [-0.4, -0.2) is 30.3 Å². The van der Waals surface area contributed by atoms with Crippen molar-refractivity contribution >= 4 is 23.4 Å². The molecule has 0 aliphatic heterocycles. The van der Waals surface area contributed by atoms with Crippen LogP contribution in [0, 0.1) is 5.82 Å². The van der Waals surface area contributed by atoms with E-state index in [4.69, 9.17) is 0 Å². The SMILES string of the molecule is O=C(CNCCSC(F)(F)F)Nc1ccccc1F. The number of thioether (sulfide) groups is 1. The van der Waals surface area contributed by atoms with Crippen molar-refractivity contribution < 1.29 is 22.4 Å². The molecule has 0 aromatic heterocycles. The third kappa shape index (κ3) is 7.02. The number of nitrogens with one attached hydrogen (secondary N) is 2. The van der Waals surface area contributed by atoms with E-state index in [2.05, 4.69) is 10.6 Å². The highest BCUT2D eigenvalue weighted by Gasteiger charge is 2.27. The molecule has 0 radical (unpaired) electrons. The largest absolute Gasteiger partial charge is 0.441 e. The number of carbonyl (C=O) groups excluding carboxylic acids is 1. The highest BCUT2D eigenvalue weighted by molar-refractivity contribution is 8.00. The molecule has 0 fully saturated rings. The van der Waals surface area contributed by atoms with Crippen LogP contribution >= 0.6 is 11.8 Å². The Morgan fingerprint density at radius 3 is 2.58 bits per heavy atom. The number of halogens is 4. The molecule has 8 heteroatoms. The van der Waals surface area contributed by atoms with E-state index < -0.39 is 17.2 Å². The minimum atomic E-state index is -4.27. The summed E-state index contributed by atoms with van der Waals surface area (Å²) in [7, 11) is 0. The second kappa shape index (κ2) is 7.34. The summed E-state index contributed by atoms with van der Waals surface area (Å²) in [4.78, 5) is 11.4. The van der Waals surface area contributed by atoms with Crippen LogP contribution in [-0.2, 0) is 4.79 Å². The highest BCUT2D eigenvalue weighted by Crippen LogP contribution is 2.29. The van der Waals surface area contributed by atoms with Gasteiger partial charge in [0.1, 0.15) is 5.82 Å². The minimum Gasteiger partial charge on any atom is -0.322 e. The van der Waals surface area contributed by atoms with Gasteiger partial charge in [-0.05, 0) is 23.9 Å². The van der Waals surface area contributed by atoms with Crippen LogP contribution in [0.5, 0.6) is 0 Å². The molecule has 1 rings (SSSR count). The van der Waals surface area contributed by atoms with Gasteiger partial charge in [0, 0.05) is 12.3 Å². The second-order valence-electron chi connectivity index (χ2n) is 3.50. The van der Waals surface area contributed by atoms with Gasteiger partial charge in [0.25, 0.3) is 0 Å². The van der Waals surface area contributed by atoms with Gasteiger partial charge in [-0.1, -0.05) is 12.1 Å². The Hall–Kier alpha value is -1.28. The number of carbonyl (C=O) groups is 1. The predicted molar refractivity (Wildman–Crippen MR) is 66.4 cm³/mol. The van der Waals surface area contributed by atoms with Gasteiger partial charge >= 0.3 is 5.51 Å². The number of rotatable bonds is 6. The molecule has 0 saturated carbocycles. The Labute approximate surface area is 111 Å². The Bertz CT molecular complexity index is 425. The van der Waals surface area contributed by atoms with E-state index >= 15 is 0 Å². The molecule has 0 atom stereocenters. The number of hydrogen-bond acceptors (Lipinski definition) is 3. The van der Waals surface area contributed by atoms with Crippen LogP contribution in [0.3, 0.4) is 0 Å². The monoisotopic (exact) mass is 296 g/mol. The summed E-state index contributed by atoms with van der Waals surface area (Å²) in [6.07, 6.45) is 0. The topological polar surface area (TPSA) is 41.1 Å². The molecule has 0 aliphatic rings. The van der Waals surface area contributed by atoms with Gasteiger partial charge in [0.05, 0.1) is 12.2 Å². The van der Waals surface area contributed by atoms with Crippen molar-refractivity contribution in [1.29, 1.82) is 0 Å². The Balaban J connectivity index is 2.20. The normalized spacial score (nSPS) is 11.4. The molecule has 19 heavy (non-hydrogen) atoms. The summed E-state index contributed by atoms with van der Waals surface area (Å²) in [5, 5.41) is 4.85. The van der Waals surface area contributed by atoms with Gasteiger partial charge in [-0.25, -0.2) is 4.39 Å². The molecule has 0 saturated heterocycles. The van der Waals surface area contributed by atoms with Gasteiger partial charge in [-0.3, -0.25) is 4.79 Å². The summed E-state index contributed by atoms with van der Waals surface area (Å²) in [6.45, 7) is -0.137. The van der Waals surface area contributed by atoms with Crippen LogP contribution in [0.1, 0.15) is 0 Å². The first kappa shape index (κ1) is 15.8. The van der Waals surface area contributed by atoms with Crippen LogP contribution in [0.2, 0.25) is 0 Å². The van der Waals surface area contributed by atoms with Crippen LogP contribution in [0.15, 0.2) is 24.3 Å². The predicted octanol–water partition coefficient (Wildman–Crippen LogP) is 2.61. The van der Waals surface area contributed by atoms with E-state index in [0.29, 0.717) is 0 Å². The fraction of sp³-hybridized carbons (Fsp3) is 0.364. The number of para-hydroxylation sites is 1. The van der Waals surface area contributed by atoms with E-state index in [-0.39, 0.29) is 36.3 Å². The van der Waals surface area contributed by atoms with Gasteiger partial charge in [-0.2, -0.15) is 13.2 Å². The molecule has 1 aromatic rings. The van der Waals surface area contributed by atoms with Gasteiger partial charge in [-0.15, -0.1) is 0 Å². The molecule has 0 bridgehead atoms. The molecule has 3 nitrogen and oxygen atoms in total. The third-order valence-electron chi connectivity index (χ3n) is 1.98. The van der Waals surface area contributed by atoms with Crippen LogP contribution < -0.4 is 10.6 Å². The zero-order valence-corrected chi connectivity index (χ0v) is 10.6. The first-order valence-corrected chi connectivity index (χ1v) is 6.33. The number of anilines is 1. The summed E-state index contributed by atoms with van der Waals surface area (Å²) in [6, 6.07) is 5.64. The van der Waals surface area contributed by atoms with Crippen molar-refractivity contribution in [2.75, 3.05) is 24.2 Å². The molecule has 0 unspecified atom stereocenters. The lowest BCUT2D eigenvalue weighted by Gasteiger charge is -2.08. The summed E-state index contributed by atoms with van der Waals surface area (Å²) >= 11 is -0.163. The van der Waals surface area contributed by atoms with Gasteiger partial charge < -0.3 is 10.6 Å². The maximum Gasteiger partial charge on any atom is 0.441 e. The average molecular weight is 296 g/mol. The van der Waals surface area contributed by atoms with E-state index in [1.54, 1.807) is 6.07 Å². The fourth-order valence-corrected chi connectivity index (χ4v) is 1.68. The lowest BCUT2D eigenvalue weighted by atomic mass is 10.3. The standard InChI is InChI=1S/C11H12F4N2OS/c12-8-3-1-2-4-9(8)17-10(18)7-16-5-6-19-11(13,14)15/h1-4,16H,5-7H2,(H,17,18). The Morgan fingerprint density at radius 1 is 1.26 bits per heavy atom. The van der Waals surface area contributed by atoms with E-state index in [0.717, 1.165) is 0 Å². The third-order valence-corrected chi connectivity index (χ3v) is 2.71. The number of benzene rings is 1. The average Bonchev–Trinajstić information content (AvgIpc) is 2.30. The molecule has 2 N–H and O–H groups in total. The molecule has 1 amide bonds. The molecular weight excluding hydrogens is 284 g/mol. The van der Waals surface area contributed by atoms with Crippen molar-refractivity contribution in [1.82, 2.24) is 5.32 Å². The molecule has 0 spiro atoms. The van der Waals surface area contributed by atoms with E-state index in [1.807, 2.05) is 0 Å². The Kier molecular flexibility index (Phi) is 6.10. The molecule has 1 aromatic carbocycles. The number of hydrogen-bond donors (Lipinski definition) is 2. The Morgan fingerprint density at radius 2 is 1.95 bits per heavy atom. The lowest BCUT2D eigenvalue weighted by molar-refractivity contribution is -0.115. The maximum absolute atomic E-state index is 13.2. The van der Waals surface area contributed by atoms with Crippen molar-refractivity contribution in [3.05, 3.63) is 30.1 Å². The number of amides is 1. The zero-order valence-electron chi connectivity index (χ0n) is 9.76. The van der Waals surface area contributed by atoms with Crippen molar-refractivity contribution in [3.63, 3.8) is 0 Å². The number of alkyl halides is 3. The second-order valence-corrected chi connectivity index (χ2v) is 4.66. The molecule has 106 valence electrons. The van der Waals surface area contributed by atoms with E-state index in [9.17, 15) is 22.4 Å². The van der Waals surface area contributed by atoms with Crippen LogP contribution in [0.4, 0.5) is 23.2 Å². The van der Waals surface area contributed by atoms with Crippen LogP contribution in [0.25, 0.3) is 0 Å². The minimum absolute atomic E-state index is 0.0366. The van der Waals surface area contributed by atoms with Crippen molar-refractivity contribution in [2.24, 2.45) is 0 Å². The fourth-order valence-electron chi connectivity index (χ4n) is 1.20. The lowest BCUT2D eigenvalue weighted by Crippen LogP contribution is -2.30. The first-order valence-electron chi connectivity index (χ1n) is 5.34. The molecular formula is C11H12F4N2OS. The first-order chi connectivity index (χ1) is 8.88. The highest BCUT2D eigenvalue weighted by atomic mass is 32.2. The van der Waals surface area contributed by atoms with E-state index in [1.165, 1.54) is 18.2 Å². The van der Waals surface area contributed by atoms with Crippen molar-refractivity contribution in [2.45, 2.75) is 5.51 Å². The quantitative estimate of drug-likeness (QED) is 0.626. The van der Waals surface area contributed by atoms with Crippen molar-refractivity contribution in [3.8, 4) is 0 Å². The van der Waals surface area contributed by atoms with Gasteiger partial charge in [0.2, 0.25) is 5.91 Å². The molecule has 0 aliphatic carbocycles. The smallest absolute Gasteiger partial charge is 0.322 e. The zero-order chi connectivity index (χ0) is 14.3. The summed E-state index contributed by atoms with van der Waals surface area (Å²) < 4.78 is 48.5. The molecule has 0 heterocycles. The summed E-state index contributed by atoms with van der Waals surface area (Å²) in [5.41, 5.74) is -4.23. The van der Waals surface area contributed by atoms with Gasteiger partial charge in [0.15, 0.2) is 0 Å². The summed E-state index contributed by atoms with van der Waals surface area (Å²) in [5.74, 6) is -1.26. The maximum atomic E-state index is 13.2.